The van der Waals surface area contributed by atoms with Crippen molar-refractivity contribution in [2.75, 3.05) is 12.3 Å². The third-order valence-electron chi connectivity index (χ3n) is 7.63. The third-order valence-corrected chi connectivity index (χ3v) is 8.91. The Kier molecular flexibility index (Phi) is 8.24. The van der Waals surface area contributed by atoms with Gasteiger partial charge in [0, 0.05) is 23.4 Å². The fourth-order valence-corrected chi connectivity index (χ4v) is 6.92. The average molecular weight is 624 g/mol. The van der Waals surface area contributed by atoms with Gasteiger partial charge in [-0.2, -0.15) is 0 Å². The van der Waals surface area contributed by atoms with Crippen molar-refractivity contribution in [3.63, 3.8) is 0 Å². The van der Waals surface area contributed by atoms with Crippen LogP contribution >= 0.6 is 11.8 Å². The highest BCUT2D eigenvalue weighted by molar-refractivity contribution is 8.00. The Morgan fingerprint density at radius 2 is 1.49 bits per heavy atom. The number of hydrogen-bond donors (Lipinski definition) is 2. The highest BCUT2D eigenvalue weighted by Crippen LogP contribution is 2.46. The number of fused-ring (bicyclic) bond motifs is 1. The minimum Gasteiger partial charge on any atom is -0.448 e. The fraction of sp³-hybridized carbons (Fsp3) is 0.257. The topological polar surface area (TPSA) is 114 Å². The van der Waals surface area contributed by atoms with Crippen molar-refractivity contribution in [1.29, 1.82) is 0 Å². The maximum atomic E-state index is 14.4. The van der Waals surface area contributed by atoms with E-state index in [0.29, 0.717) is 29.0 Å². The summed E-state index contributed by atoms with van der Waals surface area (Å²) >= 11 is 1.41. The molecule has 0 saturated carbocycles. The van der Waals surface area contributed by atoms with Crippen LogP contribution in [0.5, 0.6) is 0 Å². The predicted octanol–water partition coefficient (Wildman–Crippen LogP) is 4.97. The second-order valence-corrected chi connectivity index (χ2v) is 13.0. The summed E-state index contributed by atoms with van der Waals surface area (Å²) in [6, 6.07) is 27.2. The molecule has 2 fully saturated rings. The van der Waals surface area contributed by atoms with Crippen LogP contribution in [-0.4, -0.2) is 58.1 Å². The van der Waals surface area contributed by atoms with Gasteiger partial charge in [0.15, 0.2) is 6.10 Å². The Morgan fingerprint density at radius 3 is 2.00 bits per heavy atom. The third kappa shape index (κ3) is 6.10. The van der Waals surface area contributed by atoms with Gasteiger partial charge in [-0.3, -0.25) is 14.5 Å². The van der Waals surface area contributed by atoms with Crippen molar-refractivity contribution in [2.24, 2.45) is 0 Å². The van der Waals surface area contributed by atoms with Gasteiger partial charge in [-0.05, 0) is 43.0 Å². The van der Waals surface area contributed by atoms with Crippen molar-refractivity contribution in [3.05, 3.63) is 125 Å². The number of nitrogens with one attached hydrogen (secondary N) is 2. The van der Waals surface area contributed by atoms with Crippen molar-refractivity contribution in [2.45, 2.75) is 43.9 Å². The van der Waals surface area contributed by atoms with Crippen LogP contribution in [0.1, 0.15) is 43.6 Å². The van der Waals surface area contributed by atoms with E-state index in [2.05, 4.69) is 10.6 Å². The molecule has 3 aromatic carbocycles. The van der Waals surface area contributed by atoms with Gasteiger partial charge in [0.05, 0.1) is 0 Å². The molecule has 10 heteroatoms. The molecule has 3 aromatic rings. The minimum absolute atomic E-state index is 0.0638. The van der Waals surface area contributed by atoms with E-state index >= 15 is 0 Å². The summed E-state index contributed by atoms with van der Waals surface area (Å²) in [4.78, 5) is 55.0. The number of allylic oxidation sites excluding steroid dienone is 1. The Hall–Kier alpha value is -4.83. The van der Waals surface area contributed by atoms with Crippen LogP contribution in [0.25, 0.3) is 5.57 Å². The Bertz CT molecular complexity index is 1660. The lowest BCUT2D eigenvalue weighted by Gasteiger charge is -2.50. The standard InChI is InChI=1S/C35H33N3O6S/c1-35(2,3)44-34(42)37-27-31(40)38-28(33(41)43-29(22-15-9-5-10-16-22)23-17-11-6-12-18-23)25(20-45-32(27)38)26(24-19-36-30(24)39)21-13-7-4-8-14-21/h4-18,27,29,32H,19-20H2,1-3H3,(H,36,39)(H,37,42)/t27-,32-/m1/s1. The first-order chi connectivity index (χ1) is 21.6. The van der Waals surface area contributed by atoms with Crippen LogP contribution in [0.3, 0.4) is 0 Å². The summed E-state index contributed by atoms with van der Waals surface area (Å²) < 4.78 is 11.7. The molecule has 3 amide bonds. The van der Waals surface area contributed by atoms with E-state index in [1.165, 1.54) is 16.7 Å². The number of hydrogen-bond acceptors (Lipinski definition) is 7. The second-order valence-electron chi connectivity index (χ2n) is 11.9. The molecule has 0 bridgehead atoms. The number of carbonyl (C=O) groups is 4. The monoisotopic (exact) mass is 623 g/mol. The van der Waals surface area contributed by atoms with Crippen molar-refractivity contribution in [1.82, 2.24) is 15.5 Å². The van der Waals surface area contributed by atoms with E-state index in [1.807, 2.05) is 91.0 Å². The number of nitrogens with zero attached hydrogens (tertiary/aromatic N) is 1. The molecule has 3 aliphatic heterocycles. The highest BCUT2D eigenvalue weighted by Gasteiger charge is 2.55. The summed E-state index contributed by atoms with van der Waals surface area (Å²) in [5.41, 5.74) is 3.25. The van der Waals surface area contributed by atoms with Gasteiger partial charge >= 0.3 is 12.1 Å². The molecule has 0 aromatic heterocycles. The van der Waals surface area contributed by atoms with Gasteiger partial charge in [-0.1, -0.05) is 91.0 Å². The first-order valence-electron chi connectivity index (χ1n) is 14.7. The van der Waals surface area contributed by atoms with E-state index < -0.39 is 41.1 Å². The molecule has 2 N–H and O–H groups in total. The number of esters is 1. The van der Waals surface area contributed by atoms with E-state index in [1.54, 1.807) is 20.8 Å². The zero-order chi connectivity index (χ0) is 31.7. The van der Waals surface area contributed by atoms with E-state index in [0.717, 1.165) is 16.7 Å². The first kappa shape index (κ1) is 30.2. The summed E-state index contributed by atoms with van der Waals surface area (Å²) in [6.07, 6.45) is -1.47. The van der Waals surface area contributed by atoms with Gasteiger partial charge in [0.25, 0.3) is 5.91 Å². The summed E-state index contributed by atoms with van der Waals surface area (Å²) in [6.45, 7) is 5.55. The lowest BCUT2D eigenvalue weighted by atomic mass is 9.88. The number of amides is 3. The van der Waals surface area contributed by atoms with Gasteiger partial charge < -0.3 is 20.1 Å². The largest absolute Gasteiger partial charge is 0.448 e. The summed E-state index contributed by atoms with van der Waals surface area (Å²) in [5, 5.41) is 4.88. The molecule has 3 aliphatic rings. The molecule has 0 aliphatic carbocycles. The van der Waals surface area contributed by atoms with Gasteiger partial charge in [0.2, 0.25) is 5.91 Å². The molecule has 45 heavy (non-hydrogen) atoms. The van der Waals surface area contributed by atoms with E-state index in [-0.39, 0.29) is 11.6 Å². The zero-order valence-corrected chi connectivity index (χ0v) is 25.9. The Morgan fingerprint density at radius 1 is 0.911 bits per heavy atom. The van der Waals surface area contributed by atoms with Crippen LogP contribution in [0.2, 0.25) is 0 Å². The van der Waals surface area contributed by atoms with Gasteiger partial charge in [-0.25, -0.2) is 9.59 Å². The molecule has 230 valence electrons. The maximum absolute atomic E-state index is 14.4. The minimum atomic E-state index is -0.895. The SMILES string of the molecule is CC(C)(C)OC(=O)N[C@@H]1C(=O)N2C(C(=O)OC(c3ccccc3)c3ccccc3)=C(C(=C3CNC3=O)c3ccccc3)CS[C@H]12. The number of benzene rings is 3. The van der Waals surface area contributed by atoms with Crippen molar-refractivity contribution in [3.8, 4) is 0 Å². The molecule has 9 nitrogen and oxygen atoms in total. The van der Waals surface area contributed by atoms with Crippen molar-refractivity contribution >= 4 is 41.2 Å². The number of alkyl carbamates (subject to hydrolysis) is 1. The Balaban J connectivity index is 1.43. The smallest absolute Gasteiger partial charge is 0.408 e. The van der Waals surface area contributed by atoms with Crippen LogP contribution in [0.4, 0.5) is 4.79 Å². The van der Waals surface area contributed by atoms with Gasteiger partial charge in [0.1, 0.15) is 22.7 Å². The summed E-state index contributed by atoms with van der Waals surface area (Å²) in [5.74, 6) is -1.10. The number of carbonyl (C=O) groups excluding carboxylic acids is 4. The molecule has 2 saturated heterocycles. The lowest BCUT2D eigenvalue weighted by molar-refractivity contribution is -0.153. The number of thioether (sulfide) groups is 1. The molecular weight excluding hydrogens is 590 g/mol. The molecule has 0 radical (unpaired) electrons. The average Bonchev–Trinajstić information content (AvgIpc) is 3.03. The normalized spacial score (nSPS) is 20.4. The number of β-lactam (4-membered cyclic amide) rings is 2. The number of ether oxygens (including phenoxy) is 2. The highest BCUT2D eigenvalue weighted by atomic mass is 32.2. The molecule has 0 unspecified atom stereocenters. The molecular formula is C35H33N3O6S. The van der Waals surface area contributed by atoms with Crippen LogP contribution in [0.15, 0.2) is 108 Å². The van der Waals surface area contributed by atoms with Crippen LogP contribution < -0.4 is 10.6 Å². The number of rotatable bonds is 7. The molecule has 6 rings (SSSR count). The van der Waals surface area contributed by atoms with E-state index in [4.69, 9.17) is 9.47 Å². The Labute approximate surface area is 265 Å². The first-order valence-corrected chi connectivity index (χ1v) is 15.7. The quantitative estimate of drug-likeness (QED) is 0.217. The van der Waals surface area contributed by atoms with Gasteiger partial charge in [-0.15, -0.1) is 11.8 Å². The zero-order valence-electron chi connectivity index (χ0n) is 25.1. The molecule has 0 spiro atoms. The van der Waals surface area contributed by atoms with Crippen molar-refractivity contribution < 1.29 is 28.7 Å². The van der Waals surface area contributed by atoms with E-state index in [9.17, 15) is 19.2 Å². The van der Waals surface area contributed by atoms with Crippen LogP contribution in [-0.2, 0) is 23.9 Å². The molecule has 3 heterocycles. The lowest BCUT2D eigenvalue weighted by Crippen LogP contribution is -2.70. The predicted molar refractivity (Wildman–Crippen MR) is 170 cm³/mol. The summed E-state index contributed by atoms with van der Waals surface area (Å²) in [7, 11) is 0. The molecule has 2 atom stereocenters. The van der Waals surface area contributed by atoms with Crippen LogP contribution in [0, 0.1) is 0 Å². The second kappa shape index (κ2) is 12.3. The maximum Gasteiger partial charge on any atom is 0.408 e. The fourth-order valence-electron chi connectivity index (χ4n) is 5.57.